The van der Waals surface area contributed by atoms with E-state index < -0.39 is 0 Å². The first-order valence-electron chi connectivity index (χ1n) is 23.8. The second-order valence-corrected chi connectivity index (χ2v) is 18.8. The van der Waals surface area contributed by atoms with Crippen molar-refractivity contribution in [2.24, 2.45) is 0 Å². The Bertz CT molecular complexity index is 3630. The normalized spacial score (nSPS) is 11.6. The third kappa shape index (κ3) is 7.31. The standard InChI is InChI=1S/C64H48N6/c1-38-7-15-44(16-8-38)48-23-27-53-54-28-24-49(45-17-9-39(2)10-18-45)32-59(54)69(58(53)31-48)62-35-52(64-67-42(5)66-43(6)68-64)36-63(57(62)37-65)70-60-33-50(46-19-11-40(3)12-20-46)25-29-55(60)56-30-26-51(34-61(56)70)47-21-13-41(4)14-22-47/h7-36H,1-6H3. The molecule has 0 aliphatic rings. The minimum atomic E-state index is 0.520. The van der Waals surface area contributed by atoms with Gasteiger partial charge in [0, 0.05) is 27.1 Å². The predicted octanol–water partition coefficient (Wildman–Crippen LogP) is 16.1. The van der Waals surface area contributed by atoms with E-state index in [9.17, 15) is 5.26 Å². The maximum atomic E-state index is 12.0. The fraction of sp³-hybridized carbons (Fsp3) is 0.0938. The first-order chi connectivity index (χ1) is 34.1. The predicted molar refractivity (Wildman–Crippen MR) is 289 cm³/mol. The van der Waals surface area contributed by atoms with Gasteiger partial charge in [-0.1, -0.05) is 168 Å². The van der Waals surface area contributed by atoms with Crippen LogP contribution >= 0.6 is 0 Å². The number of hydrogen-bond acceptors (Lipinski definition) is 4. The monoisotopic (exact) mass is 900 g/mol. The van der Waals surface area contributed by atoms with E-state index in [2.05, 4.69) is 230 Å². The molecular formula is C64H48N6. The van der Waals surface area contributed by atoms with Crippen molar-refractivity contribution in [2.45, 2.75) is 41.5 Å². The van der Waals surface area contributed by atoms with E-state index in [0.29, 0.717) is 23.0 Å². The van der Waals surface area contributed by atoms with Crippen molar-refractivity contribution in [3.05, 3.63) is 221 Å². The zero-order valence-electron chi connectivity index (χ0n) is 40.0. The largest absolute Gasteiger partial charge is 0.308 e. The van der Waals surface area contributed by atoms with E-state index in [1.54, 1.807) is 0 Å². The number of nitriles is 1. The van der Waals surface area contributed by atoms with Crippen LogP contribution in [0.2, 0.25) is 0 Å². The van der Waals surface area contributed by atoms with Crippen LogP contribution in [0.3, 0.4) is 0 Å². The van der Waals surface area contributed by atoms with Crippen molar-refractivity contribution in [3.8, 4) is 73.3 Å². The van der Waals surface area contributed by atoms with E-state index >= 15 is 0 Å². The molecule has 0 N–H and O–H groups in total. The minimum Gasteiger partial charge on any atom is -0.308 e. The van der Waals surface area contributed by atoms with Crippen LogP contribution in [0.4, 0.5) is 0 Å². The number of nitrogens with zero attached hydrogens (tertiary/aromatic N) is 6. The second kappa shape index (κ2) is 16.7. The number of aromatic nitrogens is 5. The number of rotatable bonds is 7. The smallest absolute Gasteiger partial charge is 0.163 e. The van der Waals surface area contributed by atoms with Gasteiger partial charge >= 0.3 is 0 Å². The lowest BCUT2D eigenvalue weighted by Gasteiger charge is -2.19. The van der Waals surface area contributed by atoms with Gasteiger partial charge in [0.25, 0.3) is 0 Å². The first-order valence-corrected chi connectivity index (χ1v) is 23.8. The Balaban J connectivity index is 1.23. The average molecular weight is 901 g/mol. The van der Waals surface area contributed by atoms with E-state index in [4.69, 9.17) is 9.97 Å². The van der Waals surface area contributed by atoms with Gasteiger partial charge in [0.05, 0.1) is 33.4 Å². The molecule has 9 aromatic carbocycles. The summed E-state index contributed by atoms with van der Waals surface area (Å²) in [7, 11) is 0. The zero-order chi connectivity index (χ0) is 47.8. The van der Waals surface area contributed by atoms with Crippen LogP contribution < -0.4 is 0 Å². The van der Waals surface area contributed by atoms with Crippen LogP contribution in [0.25, 0.3) is 111 Å². The molecule has 3 aromatic heterocycles. The number of benzene rings is 9. The zero-order valence-corrected chi connectivity index (χ0v) is 40.0. The summed E-state index contributed by atoms with van der Waals surface area (Å²) in [5.74, 6) is 1.79. The fourth-order valence-corrected chi connectivity index (χ4v) is 10.2. The molecule has 0 saturated heterocycles. The van der Waals surface area contributed by atoms with Crippen molar-refractivity contribution in [1.82, 2.24) is 24.1 Å². The molecule has 6 nitrogen and oxygen atoms in total. The molecule has 0 unspecified atom stereocenters. The lowest BCUT2D eigenvalue weighted by atomic mass is 10.0. The third-order valence-corrected chi connectivity index (χ3v) is 13.9. The van der Waals surface area contributed by atoms with E-state index in [0.717, 1.165) is 105 Å². The minimum absolute atomic E-state index is 0.520. The fourth-order valence-electron chi connectivity index (χ4n) is 10.2. The Hall–Kier alpha value is -8.92. The van der Waals surface area contributed by atoms with Gasteiger partial charge in [-0.05, 0) is 122 Å². The third-order valence-electron chi connectivity index (χ3n) is 13.9. The van der Waals surface area contributed by atoms with Crippen LogP contribution in [0.15, 0.2) is 182 Å². The molecule has 0 bridgehead atoms. The van der Waals surface area contributed by atoms with Crippen LogP contribution in [-0.2, 0) is 0 Å². The van der Waals surface area contributed by atoms with Crippen LogP contribution in [0.5, 0.6) is 0 Å². The van der Waals surface area contributed by atoms with Gasteiger partial charge in [0.15, 0.2) is 5.82 Å². The second-order valence-electron chi connectivity index (χ2n) is 18.8. The molecule has 334 valence electrons. The van der Waals surface area contributed by atoms with Gasteiger partial charge in [0.1, 0.15) is 23.3 Å². The highest BCUT2D eigenvalue weighted by Crippen LogP contribution is 2.43. The molecule has 0 aliphatic carbocycles. The summed E-state index contributed by atoms with van der Waals surface area (Å²) < 4.78 is 4.60. The van der Waals surface area contributed by atoms with E-state index in [-0.39, 0.29) is 0 Å². The molecule has 70 heavy (non-hydrogen) atoms. The van der Waals surface area contributed by atoms with Crippen molar-refractivity contribution in [1.29, 1.82) is 5.26 Å². The SMILES string of the molecule is Cc1ccc(-c2ccc3c4ccc(-c5ccc(C)cc5)cc4n(-c4cc(-c5nc(C)nc(C)n5)cc(-n5c6cc(-c7ccc(C)cc7)ccc6c6ccc(-c7ccc(C)cc7)cc65)c4C#N)c3c2)cc1. The Morgan fingerprint density at radius 3 is 0.857 bits per heavy atom. The maximum absolute atomic E-state index is 12.0. The molecule has 3 heterocycles. The molecule has 0 radical (unpaired) electrons. The molecule has 12 aromatic rings. The van der Waals surface area contributed by atoms with Crippen molar-refractivity contribution in [3.63, 3.8) is 0 Å². The highest BCUT2D eigenvalue weighted by atomic mass is 15.0. The van der Waals surface area contributed by atoms with Gasteiger partial charge in [0.2, 0.25) is 0 Å². The van der Waals surface area contributed by atoms with Gasteiger partial charge < -0.3 is 9.13 Å². The topological polar surface area (TPSA) is 72.3 Å². The highest BCUT2D eigenvalue weighted by molar-refractivity contribution is 6.13. The van der Waals surface area contributed by atoms with Crippen LogP contribution in [0.1, 0.15) is 39.5 Å². The first kappa shape index (κ1) is 42.4. The molecule has 0 atom stereocenters. The summed E-state index contributed by atoms with van der Waals surface area (Å²) in [6.45, 7) is 12.3. The Morgan fingerprint density at radius 1 is 0.314 bits per heavy atom. The molecule has 12 rings (SSSR count). The Labute approximate surface area is 407 Å². The van der Waals surface area contributed by atoms with E-state index in [1.165, 1.54) is 22.3 Å². The number of hydrogen-bond donors (Lipinski definition) is 0. The van der Waals surface area contributed by atoms with Gasteiger partial charge in [-0.25, -0.2) is 15.0 Å². The molecule has 0 spiro atoms. The summed E-state index contributed by atoms with van der Waals surface area (Å²) in [4.78, 5) is 14.5. The molecule has 0 fully saturated rings. The van der Waals surface area contributed by atoms with Crippen molar-refractivity contribution in [2.75, 3.05) is 0 Å². The van der Waals surface area contributed by atoms with Crippen LogP contribution in [-0.4, -0.2) is 24.1 Å². The van der Waals surface area contributed by atoms with E-state index in [1.807, 2.05) is 13.8 Å². The lowest BCUT2D eigenvalue weighted by molar-refractivity contribution is 0.927. The molecule has 0 saturated carbocycles. The molecular weight excluding hydrogens is 853 g/mol. The summed E-state index contributed by atoms with van der Waals surface area (Å²) >= 11 is 0. The Kier molecular flexibility index (Phi) is 10.1. The maximum Gasteiger partial charge on any atom is 0.163 e. The summed E-state index contributed by atoms with van der Waals surface area (Å²) in [6, 6.07) is 68.6. The van der Waals surface area contributed by atoms with Gasteiger partial charge in [-0.3, -0.25) is 0 Å². The van der Waals surface area contributed by atoms with Gasteiger partial charge in [-0.15, -0.1) is 0 Å². The molecule has 0 amide bonds. The average Bonchev–Trinajstić information content (AvgIpc) is 3.87. The van der Waals surface area contributed by atoms with Crippen molar-refractivity contribution < 1.29 is 0 Å². The van der Waals surface area contributed by atoms with Gasteiger partial charge in [-0.2, -0.15) is 5.26 Å². The molecule has 0 aliphatic heterocycles. The Morgan fingerprint density at radius 2 is 0.586 bits per heavy atom. The summed E-state index contributed by atoms with van der Waals surface area (Å²) in [5, 5.41) is 16.3. The van der Waals surface area contributed by atoms with Crippen molar-refractivity contribution >= 4 is 43.6 Å². The summed E-state index contributed by atoms with van der Waals surface area (Å²) in [6.07, 6.45) is 0. The lowest BCUT2D eigenvalue weighted by Crippen LogP contribution is -2.07. The quantitative estimate of drug-likeness (QED) is 0.160. The number of aryl methyl sites for hydroxylation is 6. The number of fused-ring (bicyclic) bond motifs is 6. The summed E-state index contributed by atoms with van der Waals surface area (Å²) in [5.41, 5.74) is 20.4. The highest BCUT2D eigenvalue weighted by Gasteiger charge is 2.25. The van der Waals surface area contributed by atoms with Crippen LogP contribution in [0, 0.1) is 52.9 Å². The molecule has 6 heteroatoms.